The topological polar surface area (TPSA) is 62.2 Å². The summed E-state index contributed by atoms with van der Waals surface area (Å²) in [4.78, 5) is 16.7. The monoisotopic (exact) mass is 350 g/mol. The van der Waals surface area contributed by atoms with Gasteiger partial charge in [0.25, 0.3) is 5.91 Å². The van der Waals surface area contributed by atoms with E-state index in [-0.39, 0.29) is 18.6 Å². The van der Waals surface area contributed by atoms with Crippen LogP contribution in [0.3, 0.4) is 0 Å². The van der Waals surface area contributed by atoms with Crippen molar-refractivity contribution in [2.75, 3.05) is 39.9 Å². The zero-order valence-electron chi connectivity index (χ0n) is 15.5. The quantitative estimate of drug-likeness (QED) is 0.770. The number of piperazine rings is 1. The van der Waals surface area contributed by atoms with Crippen molar-refractivity contribution < 1.29 is 19.4 Å². The summed E-state index contributed by atoms with van der Waals surface area (Å²) in [6.45, 7) is 7.40. The Morgan fingerprint density at radius 1 is 1.28 bits per heavy atom. The molecule has 1 aromatic rings. The van der Waals surface area contributed by atoms with Gasteiger partial charge in [-0.3, -0.25) is 9.69 Å². The van der Waals surface area contributed by atoms with Crippen molar-refractivity contribution >= 4 is 5.91 Å². The molecule has 2 atom stereocenters. The first-order valence-corrected chi connectivity index (χ1v) is 8.97. The van der Waals surface area contributed by atoms with Gasteiger partial charge in [-0.15, -0.1) is 0 Å². The van der Waals surface area contributed by atoms with Crippen LogP contribution in [0.1, 0.15) is 25.8 Å². The van der Waals surface area contributed by atoms with Crippen molar-refractivity contribution in [3.8, 4) is 5.75 Å². The lowest BCUT2D eigenvalue weighted by Gasteiger charge is -2.39. The number of hydrogen-bond donors (Lipinski definition) is 1. The van der Waals surface area contributed by atoms with Gasteiger partial charge in [-0.2, -0.15) is 0 Å². The molecule has 0 aromatic heterocycles. The fourth-order valence-corrected chi connectivity index (χ4v) is 3.12. The lowest BCUT2D eigenvalue weighted by Crippen LogP contribution is -2.54. The average Bonchev–Trinajstić information content (AvgIpc) is 2.67. The zero-order valence-corrected chi connectivity index (χ0v) is 15.5. The molecular formula is C19H30N2O4. The molecule has 0 spiro atoms. The van der Waals surface area contributed by atoms with Crippen LogP contribution < -0.4 is 4.74 Å². The molecule has 2 rings (SSSR count). The van der Waals surface area contributed by atoms with E-state index in [0.29, 0.717) is 19.7 Å². The molecule has 0 saturated carbocycles. The number of ether oxygens (including phenoxy) is 2. The number of benzene rings is 1. The molecule has 0 aliphatic carbocycles. The van der Waals surface area contributed by atoms with E-state index < -0.39 is 6.10 Å². The van der Waals surface area contributed by atoms with Gasteiger partial charge in [0.1, 0.15) is 11.9 Å². The number of rotatable bonds is 8. The average molecular weight is 350 g/mol. The summed E-state index contributed by atoms with van der Waals surface area (Å²) in [6.07, 6.45) is 0.447. The minimum atomic E-state index is -0.474. The third kappa shape index (κ3) is 5.42. The molecule has 1 saturated heterocycles. The summed E-state index contributed by atoms with van der Waals surface area (Å²) < 4.78 is 11.0. The van der Waals surface area contributed by atoms with E-state index in [1.807, 2.05) is 29.2 Å². The van der Waals surface area contributed by atoms with Crippen molar-refractivity contribution in [2.45, 2.75) is 39.0 Å². The molecule has 1 aromatic carbocycles. The predicted molar refractivity (Wildman–Crippen MR) is 96.6 cm³/mol. The minimum Gasteiger partial charge on any atom is -0.497 e. The van der Waals surface area contributed by atoms with E-state index in [9.17, 15) is 9.90 Å². The maximum atomic E-state index is 12.6. The Balaban J connectivity index is 1.80. The molecule has 6 nitrogen and oxygen atoms in total. The van der Waals surface area contributed by atoms with Gasteiger partial charge >= 0.3 is 0 Å². The van der Waals surface area contributed by atoms with Gasteiger partial charge in [0.2, 0.25) is 0 Å². The third-order valence-electron chi connectivity index (χ3n) is 4.81. The molecule has 1 N–H and O–H groups in total. The Bertz CT molecular complexity index is 540. The fraction of sp³-hybridized carbons (Fsp3) is 0.632. The van der Waals surface area contributed by atoms with Gasteiger partial charge in [0.15, 0.2) is 0 Å². The molecule has 25 heavy (non-hydrogen) atoms. The highest BCUT2D eigenvalue weighted by molar-refractivity contribution is 5.80. The molecule has 1 aliphatic rings. The van der Waals surface area contributed by atoms with Crippen LogP contribution in [-0.4, -0.2) is 72.9 Å². The van der Waals surface area contributed by atoms with E-state index >= 15 is 0 Å². The highest BCUT2D eigenvalue weighted by atomic mass is 16.5. The summed E-state index contributed by atoms with van der Waals surface area (Å²) in [7, 11) is 1.63. The van der Waals surface area contributed by atoms with Crippen LogP contribution in [0, 0.1) is 0 Å². The van der Waals surface area contributed by atoms with E-state index in [2.05, 4.69) is 11.8 Å². The summed E-state index contributed by atoms with van der Waals surface area (Å²) in [5.74, 6) is 0.810. The Kier molecular flexibility index (Phi) is 7.68. The molecular weight excluding hydrogens is 320 g/mol. The van der Waals surface area contributed by atoms with Crippen molar-refractivity contribution in [2.24, 2.45) is 0 Å². The molecule has 140 valence electrons. The minimum absolute atomic E-state index is 0.0274. The van der Waals surface area contributed by atoms with Crippen molar-refractivity contribution in [3.63, 3.8) is 0 Å². The number of aliphatic hydroxyl groups is 1. The van der Waals surface area contributed by atoms with E-state index in [1.54, 1.807) is 14.0 Å². The first-order chi connectivity index (χ1) is 12.1. The SMILES string of the molecule is CC[C@H](CO)N1CCN(C(=O)[C@@H](C)OCc2cccc(OC)c2)CC1. The van der Waals surface area contributed by atoms with E-state index in [1.165, 1.54) is 0 Å². The van der Waals surface area contributed by atoms with Gasteiger partial charge in [-0.05, 0) is 31.0 Å². The zero-order chi connectivity index (χ0) is 18.2. The number of amides is 1. The first-order valence-electron chi connectivity index (χ1n) is 8.97. The van der Waals surface area contributed by atoms with Crippen LogP contribution in [0.5, 0.6) is 5.75 Å². The van der Waals surface area contributed by atoms with Gasteiger partial charge in [0, 0.05) is 32.2 Å². The highest BCUT2D eigenvalue weighted by Crippen LogP contribution is 2.15. The van der Waals surface area contributed by atoms with Crippen molar-refractivity contribution in [3.05, 3.63) is 29.8 Å². The fourth-order valence-electron chi connectivity index (χ4n) is 3.12. The standard InChI is InChI=1S/C19H30N2O4/c1-4-17(13-22)20-8-10-21(11-9-20)19(23)15(2)25-14-16-6-5-7-18(12-16)24-3/h5-7,12,15,17,22H,4,8-11,13-14H2,1-3H3/t15-,17-/m1/s1. The normalized spacial score (nSPS) is 18.0. The summed E-state index contributed by atoms with van der Waals surface area (Å²) in [6, 6.07) is 7.86. The maximum Gasteiger partial charge on any atom is 0.251 e. The predicted octanol–water partition coefficient (Wildman–Crippen LogP) is 1.52. The van der Waals surface area contributed by atoms with Crippen LogP contribution in [-0.2, 0) is 16.1 Å². The smallest absolute Gasteiger partial charge is 0.251 e. The largest absolute Gasteiger partial charge is 0.497 e. The number of hydrogen-bond acceptors (Lipinski definition) is 5. The summed E-state index contributed by atoms with van der Waals surface area (Å²) in [5.41, 5.74) is 0.984. The van der Waals surface area contributed by atoms with Crippen LogP contribution in [0.25, 0.3) is 0 Å². The molecule has 1 heterocycles. The van der Waals surface area contributed by atoms with E-state index in [4.69, 9.17) is 9.47 Å². The first kappa shape index (κ1) is 19.7. The highest BCUT2D eigenvalue weighted by Gasteiger charge is 2.27. The van der Waals surface area contributed by atoms with Crippen LogP contribution >= 0.6 is 0 Å². The van der Waals surface area contributed by atoms with Crippen LogP contribution in [0.4, 0.5) is 0 Å². The summed E-state index contributed by atoms with van der Waals surface area (Å²) in [5, 5.41) is 9.41. The molecule has 0 bridgehead atoms. The second kappa shape index (κ2) is 9.75. The third-order valence-corrected chi connectivity index (χ3v) is 4.81. The molecule has 0 unspecified atom stereocenters. The number of methoxy groups -OCH3 is 1. The maximum absolute atomic E-state index is 12.6. The number of carbonyl (C=O) groups is 1. The lowest BCUT2D eigenvalue weighted by molar-refractivity contribution is -0.145. The van der Waals surface area contributed by atoms with E-state index in [0.717, 1.165) is 30.8 Å². The van der Waals surface area contributed by atoms with Crippen LogP contribution in [0.15, 0.2) is 24.3 Å². The molecule has 1 amide bonds. The van der Waals surface area contributed by atoms with Crippen molar-refractivity contribution in [1.29, 1.82) is 0 Å². The van der Waals surface area contributed by atoms with Gasteiger partial charge in [0.05, 0.1) is 20.3 Å². The second-order valence-corrected chi connectivity index (χ2v) is 6.41. The Morgan fingerprint density at radius 3 is 2.60 bits per heavy atom. The Hall–Kier alpha value is -1.63. The summed E-state index contributed by atoms with van der Waals surface area (Å²) >= 11 is 0. The number of carbonyl (C=O) groups excluding carboxylic acids is 1. The second-order valence-electron chi connectivity index (χ2n) is 6.41. The number of aliphatic hydroxyl groups excluding tert-OH is 1. The lowest BCUT2D eigenvalue weighted by atomic mass is 10.1. The van der Waals surface area contributed by atoms with Crippen molar-refractivity contribution in [1.82, 2.24) is 9.80 Å². The molecule has 6 heteroatoms. The van der Waals surface area contributed by atoms with Crippen LogP contribution in [0.2, 0.25) is 0 Å². The number of nitrogens with zero attached hydrogens (tertiary/aromatic N) is 2. The Morgan fingerprint density at radius 2 is 2.00 bits per heavy atom. The molecule has 0 radical (unpaired) electrons. The Labute approximate surface area is 150 Å². The molecule has 1 fully saturated rings. The van der Waals surface area contributed by atoms with Gasteiger partial charge < -0.3 is 19.5 Å². The van der Waals surface area contributed by atoms with Gasteiger partial charge in [-0.1, -0.05) is 19.1 Å². The van der Waals surface area contributed by atoms with Gasteiger partial charge in [-0.25, -0.2) is 0 Å². The molecule has 1 aliphatic heterocycles.